The molecule has 6 heteroatoms. The predicted octanol–water partition coefficient (Wildman–Crippen LogP) is 2.40. The van der Waals surface area contributed by atoms with E-state index in [2.05, 4.69) is 193 Å². The number of pyridine rings is 2. The zero-order chi connectivity index (χ0) is 32.1. The highest BCUT2D eigenvalue weighted by Crippen LogP contribution is 2.18. The fraction of sp³-hybridized carbons (Fsp3) is 0.238. The fourth-order valence-electron chi connectivity index (χ4n) is 5.70. The van der Waals surface area contributed by atoms with Gasteiger partial charge in [0, 0.05) is 72.9 Å². The van der Waals surface area contributed by atoms with Crippen molar-refractivity contribution in [2.45, 2.75) is 40.8 Å². The largest absolute Gasteiger partial charge is 1.00 e. The first-order valence-electron chi connectivity index (χ1n) is 16.7. The van der Waals surface area contributed by atoms with E-state index in [-0.39, 0.29) is 48.0 Å². The lowest BCUT2D eigenvalue weighted by molar-refractivity contribution is -0.689. The van der Waals surface area contributed by atoms with Crippen LogP contribution in [0.3, 0.4) is 0 Å². The summed E-state index contributed by atoms with van der Waals surface area (Å²) in [7, 11) is 0. The van der Waals surface area contributed by atoms with Crippen LogP contribution in [0.2, 0.25) is 0 Å². The lowest BCUT2D eigenvalue weighted by Crippen LogP contribution is -3.00. The summed E-state index contributed by atoms with van der Waals surface area (Å²) in [6.07, 6.45) is 17.3. The number of nitrogens with zero attached hydrogens (tertiary/aromatic N) is 4. The molecule has 0 atom stereocenters. The zero-order valence-corrected chi connectivity index (χ0v) is 33.0. The number of rotatable bonds is 14. The van der Waals surface area contributed by atoms with E-state index in [4.69, 9.17) is 0 Å². The normalized spacial score (nSPS) is 10.9. The average Bonchev–Trinajstić information content (AvgIpc) is 3.11. The van der Waals surface area contributed by atoms with Gasteiger partial charge in [-0.15, -0.1) is 0 Å². The molecule has 0 N–H and O–H groups in total. The van der Waals surface area contributed by atoms with Gasteiger partial charge in [0.15, 0.2) is 37.9 Å². The maximum atomic E-state index is 2.36. The highest BCUT2D eigenvalue weighted by atomic mass is 127. The van der Waals surface area contributed by atoms with Crippen molar-refractivity contribution in [3.63, 3.8) is 0 Å². The molecule has 2 aromatic heterocycles. The van der Waals surface area contributed by atoms with Crippen LogP contribution in [0.15, 0.2) is 122 Å². The van der Waals surface area contributed by atoms with Gasteiger partial charge in [0.2, 0.25) is 0 Å². The van der Waals surface area contributed by atoms with Crippen molar-refractivity contribution in [2.24, 2.45) is 0 Å². The molecular weight excluding hydrogens is 814 g/mol. The van der Waals surface area contributed by atoms with E-state index < -0.39 is 0 Å². The second kappa shape index (κ2) is 20.1. The van der Waals surface area contributed by atoms with Crippen LogP contribution in [-0.2, 0) is 13.1 Å². The molecule has 250 valence electrons. The topological polar surface area (TPSA) is 14.2 Å². The molecule has 0 aliphatic rings. The molecule has 48 heavy (non-hydrogen) atoms. The minimum Gasteiger partial charge on any atom is -1.00 e. The Morgan fingerprint density at radius 2 is 0.667 bits per heavy atom. The standard InChI is InChI=1S/C42H48N4.2HI/c1-5-45(6-2)41-21-17-35(18-22-41)9-11-37-25-29-43(30-26-37)33-39-13-15-40(16-14-39)34-44-31-27-38(28-32-44)12-10-36-19-23-42(24-20-36)46(7-3)8-4;;/h9-32H,5-8,33-34H2,1-4H3;2*1H/q+2;;/p-2. The van der Waals surface area contributed by atoms with Gasteiger partial charge >= 0.3 is 0 Å². The van der Waals surface area contributed by atoms with E-state index in [1.54, 1.807) is 0 Å². The van der Waals surface area contributed by atoms with Crippen molar-refractivity contribution in [1.29, 1.82) is 0 Å². The molecule has 0 saturated heterocycles. The summed E-state index contributed by atoms with van der Waals surface area (Å²) in [5.74, 6) is 0. The third kappa shape index (κ3) is 11.3. The van der Waals surface area contributed by atoms with Gasteiger partial charge in [-0.1, -0.05) is 72.8 Å². The van der Waals surface area contributed by atoms with Crippen LogP contribution in [0.4, 0.5) is 11.4 Å². The molecule has 0 fully saturated rings. The average molecular weight is 863 g/mol. The highest BCUT2D eigenvalue weighted by molar-refractivity contribution is 5.71. The molecule has 0 radical (unpaired) electrons. The van der Waals surface area contributed by atoms with E-state index in [1.807, 2.05) is 0 Å². The van der Waals surface area contributed by atoms with Crippen molar-refractivity contribution >= 4 is 35.7 Å². The Bertz CT molecular complexity index is 1560. The molecule has 0 bridgehead atoms. The molecule has 0 amide bonds. The molecule has 0 unspecified atom stereocenters. The second-order valence-corrected chi connectivity index (χ2v) is 11.6. The van der Waals surface area contributed by atoms with Gasteiger partial charge in [-0.2, -0.15) is 0 Å². The van der Waals surface area contributed by atoms with Crippen molar-refractivity contribution in [3.05, 3.63) is 155 Å². The number of benzene rings is 3. The maximum Gasteiger partial charge on any atom is 0.173 e. The quantitative estimate of drug-likeness (QED) is 0.126. The third-order valence-electron chi connectivity index (χ3n) is 8.57. The van der Waals surface area contributed by atoms with E-state index in [9.17, 15) is 0 Å². The molecule has 2 heterocycles. The molecule has 0 saturated carbocycles. The van der Waals surface area contributed by atoms with Gasteiger partial charge in [0.05, 0.1) is 0 Å². The van der Waals surface area contributed by atoms with Crippen LogP contribution in [-0.4, -0.2) is 26.2 Å². The van der Waals surface area contributed by atoms with E-state index in [0.29, 0.717) is 0 Å². The lowest BCUT2D eigenvalue weighted by atomic mass is 10.1. The van der Waals surface area contributed by atoms with Gasteiger partial charge in [-0.05, 0) is 74.2 Å². The van der Waals surface area contributed by atoms with Gasteiger partial charge in [-0.25, -0.2) is 9.13 Å². The number of aromatic nitrogens is 2. The Balaban J connectivity index is 0.00000312. The molecule has 0 aliphatic carbocycles. The molecule has 0 aliphatic heterocycles. The summed E-state index contributed by atoms with van der Waals surface area (Å²) in [6.45, 7) is 14.6. The Morgan fingerprint density at radius 3 is 0.938 bits per heavy atom. The number of hydrogen-bond donors (Lipinski definition) is 0. The Labute approximate surface area is 322 Å². The van der Waals surface area contributed by atoms with Crippen LogP contribution in [0.5, 0.6) is 0 Å². The van der Waals surface area contributed by atoms with Gasteiger partial charge < -0.3 is 57.8 Å². The van der Waals surface area contributed by atoms with E-state index in [1.165, 1.54) is 44.8 Å². The van der Waals surface area contributed by atoms with Crippen LogP contribution in [0.1, 0.15) is 61.1 Å². The summed E-state index contributed by atoms with van der Waals surface area (Å²) in [5, 5.41) is 0. The SMILES string of the molecule is CCN(CC)c1ccc(/C=C/c2cc[n+](Cc3ccc(C[n+]4ccc(/C=C/c5ccc(N(CC)CC)cc5)cc4)cc3)cc2)cc1.[I-].[I-]. The molecule has 4 nitrogen and oxygen atoms in total. The molecule has 5 rings (SSSR count). The van der Waals surface area contributed by atoms with Crippen LogP contribution >= 0.6 is 0 Å². The third-order valence-corrected chi connectivity index (χ3v) is 8.57. The number of halogens is 2. The van der Waals surface area contributed by atoms with Crippen molar-refractivity contribution in [2.75, 3.05) is 36.0 Å². The summed E-state index contributed by atoms with van der Waals surface area (Å²) in [6, 6.07) is 35.2. The Kier molecular flexibility index (Phi) is 16.3. The summed E-state index contributed by atoms with van der Waals surface area (Å²) < 4.78 is 4.46. The second-order valence-electron chi connectivity index (χ2n) is 11.6. The fourth-order valence-corrected chi connectivity index (χ4v) is 5.70. The van der Waals surface area contributed by atoms with Crippen LogP contribution in [0, 0.1) is 0 Å². The van der Waals surface area contributed by atoms with Crippen molar-refractivity contribution < 1.29 is 57.1 Å². The van der Waals surface area contributed by atoms with E-state index in [0.717, 1.165) is 39.3 Å². The summed E-state index contributed by atoms with van der Waals surface area (Å²) in [5.41, 5.74) is 9.96. The van der Waals surface area contributed by atoms with Gasteiger partial charge in [0.25, 0.3) is 0 Å². The van der Waals surface area contributed by atoms with E-state index >= 15 is 0 Å². The van der Waals surface area contributed by atoms with Crippen molar-refractivity contribution in [3.8, 4) is 0 Å². The number of hydrogen-bond acceptors (Lipinski definition) is 2. The molecule has 0 spiro atoms. The monoisotopic (exact) mass is 862 g/mol. The molecular formula is C42H48I2N4. The highest BCUT2D eigenvalue weighted by Gasteiger charge is 2.07. The Morgan fingerprint density at radius 1 is 0.396 bits per heavy atom. The lowest BCUT2D eigenvalue weighted by Gasteiger charge is -2.20. The summed E-state index contributed by atoms with van der Waals surface area (Å²) >= 11 is 0. The van der Waals surface area contributed by atoms with Crippen LogP contribution < -0.4 is 66.9 Å². The minimum absolute atomic E-state index is 0. The predicted molar refractivity (Wildman–Crippen MR) is 196 cm³/mol. The number of anilines is 2. The minimum atomic E-state index is 0. The zero-order valence-electron chi connectivity index (χ0n) is 28.6. The maximum absolute atomic E-state index is 2.36. The smallest absolute Gasteiger partial charge is 0.173 e. The summed E-state index contributed by atoms with van der Waals surface area (Å²) in [4.78, 5) is 4.73. The molecule has 3 aromatic carbocycles. The first kappa shape index (κ1) is 38.9. The first-order chi connectivity index (χ1) is 22.6. The Hall–Kier alpha value is -3.50. The van der Waals surface area contributed by atoms with Crippen LogP contribution in [0.25, 0.3) is 24.3 Å². The van der Waals surface area contributed by atoms with Crippen molar-refractivity contribution in [1.82, 2.24) is 0 Å². The molecule has 5 aromatic rings. The van der Waals surface area contributed by atoms with Gasteiger partial charge in [-0.3, -0.25) is 0 Å². The first-order valence-corrected chi connectivity index (χ1v) is 16.7. The van der Waals surface area contributed by atoms with Gasteiger partial charge in [0.1, 0.15) is 0 Å².